The number of nitrogens with zero attached hydrogens (tertiary/aromatic N) is 2. The highest BCUT2D eigenvalue weighted by Gasteiger charge is 2.35. The molecule has 2 amide bonds. The zero-order valence-corrected chi connectivity index (χ0v) is 19.4. The van der Waals surface area contributed by atoms with Gasteiger partial charge in [0.2, 0.25) is 0 Å². The Morgan fingerprint density at radius 2 is 2.03 bits per heavy atom. The first-order valence-corrected chi connectivity index (χ1v) is 10.9. The molecule has 3 aromatic rings. The molecule has 1 aliphatic rings. The number of aromatic nitrogens is 2. The van der Waals surface area contributed by atoms with Crippen molar-refractivity contribution in [1.82, 2.24) is 20.4 Å². The van der Waals surface area contributed by atoms with Crippen LogP contribution in [0.3, 0.4) is 0 Å². The molecule has 174 valence electrons. The van der Waals surface area contributed by atoms with Crippen LogP contribution >= 0.6 is 11.6 Å². The van der Waals surface area contributed by atoms with Gasteiger partial charge in [-0.2, -0.15) is 5.10 Å². The Morgan fingerprint density at radius 3 is 2.71 bits per heavy atom. The van der Waals surface area contributed by atoms with Gasteiger partial charge in [0, 0.05) is 23.0 Å². The zero-order valence-electron chi connectivity index (χ0n) is 18.7. The molecule has 0 aliphatic carbocycles. The standard InChI is InChI=1S/C25H23ClN4O4/c1-4-12-34-24(31)21-15(2)27-25(32)28-23(21)18-14-30(17-8-6-5-7-9-17)29-22(18)16-10-11-20(33-3)19(26)13-16/h4-11,13-14,23H,1,12H2,2-3H3,(H2,27,28,32)/t23-/m0/s1. The van der Waals surface area contributed by atoms with Gasteiger partial charge in [-0.1, -0.05) is 42.5 Å². The third-order valence-electron chi connectivity index (χ3n) is 5.32. The molecule has 1 aliphatic heterocycles. The molecule has 0 saturated carbocycles. The Morgan fingerprint density at radius 1 is 1.26 bits per heavy atom. The van der Waals surface area contributed by atoms with Crippen molar-refractivity contribution in [2.24, 2.45) is 0 Å². The summed E-state index contributed by atoms with van der Waals surface area (Å²) in [7, 11) is 1.54. The quantitative estimate of drug-likeness (QED) is 0.383. The van der Waals surface area contributed by atoms with Gasteiger partial charge in [0.05, 0.1) is 35.1 Å². The summed E-state index contributed by atoms with van der Waals surface area (Å²) in [6, 6.07) is 13.6. The monoisotopic (exact) mass is 478 g/mol. The summed E-state index contributed by atoms with van der Waals surface area (Å²) in [5.74, 6) is -0.0462. The van der Waals surface area contributed by atoms with E-state index < -0.39 is 18.0 Å². The second-order valence-electron chi connectivity index (χ2n) is 7.52. The molecule has 0 spiro atoms. The van der Waals surface area contributed by atoms with Crippen LogP contribution in [0.15, 0.2) is 78.7 Å². The fraction of sp³-hybridized carbons (Fsp3) is 0.160. The number of carbonyl (C=O) groups is 2. The number of nitrogens with one attached hydrogen (secondary N) is 2. The van der Waals surface area contributed by atoms with Gasteiger partial charge in [0.1, 0.15) is 12.4 Å². The predicted octanol–water partition coefficient (Wildman–Crippen LogP) is 4.56. The summed E-state index contributed by atoms with van der Waals surface area (Å²) in [6.07, 6.45) is 3.27. The third kappa shape index (κ3) is 4.53. The van der Waals surface area contributed by atoms with E-state index in [0.29, 0.717) is 33.3 Å². The van der Waals surface area contributed by atoms with E-state index >= 15 is 0 Å². The average molecular weight is 479 g/mol. The number of benzene rings is 2. The van der Waals surface area contributed by atoms with Crippen LogP contribution in [0.2, 0.25) is 5.02 Å². The van der Waals surface area contributed by atoms with Gasteiger partial charge in [0.25, 0.3) is 0 Å². The van der Waals surface area contributed by atoms with Gasteiger partial charge < -0.3 is 20.1 Å². The molecule has 0 saturated heterocycles. The Hall–Kier alpha value is -4.04. The lowest BCUT2D eigenvalue weighted by atomic mass is 9.93. The molecule has 2 N–H and O–H groups in total. The summed E-state index contributed by atoms with van der Waals surface area (Å²) < 4.78 is 12.3. The SMILES string of the molecule is C=CCOC(=O)C1=C(C)NC(=O)N[C@H]1c1cn(-c2ccccc2)nc1-c1ccc(OC)c(Cl)c1. The van der Waals surface area contributed by atoms with Crippen molar-refractivity contribution in [3.05, 3.63) is 89.2 Å². The van der Waals surface area contributed by atoms with Crippen LogP contribution in [0, 0.1) is 0 Å². The largest absolute Gasteiger partial charge is 0.495 e. The minimum Gasteiger partial charge on any atom is -0.495 e. The van der Waals surface area contributed by atoms with Crippen molar-refractivity contribution in [2.45, 2.75) is 13.0 Å². The van der Waals surface area contributed by atoms with Gasteiger partial charge in [0.15, 0.2) is 0 Å². The van der Waals surface area contributed by atoms with E-state index in [1.807, 2.05) is 36.4 Å². The van der Waals surface area contributed by atoms with Crippen molar-refractivity contribution in [3.63, 3.8) is 0 Å². The normalized spacial score (nSPS) is 15.4. The van der Waals surface area contributed by atoms with Crippen molar-refractivity contribution in [3.8, 4) is 22.7 Å². The second-order valence-corrected chi connectivity index (χ2v) is 7.93. The molecule has 0 radical (unpaired) electrons. The van der Waals surface area contributed by atoms with Gasteiger partial charge in [-0.25, -0.2) is 14.3 Å². The molecule has 9 heteroatoms. The van der Waals surface area contributed by atoms with Crippen LogP contribution in [-0.2, 0) is 9.53 Å². The van der Waals surface area contributed by atoms with Gasteiger partial charge in [-0.3, -0.25) is 0 Å². The Kier molecular flexibility index (Phi) is 6.70. The maximum atomic E-state index is 12.9. The molecule has 1 aromatic heterocycles. The zero-order chi connectivity index (χ0) is 24.2. The van der Waals surface area contributed by atoms with Gasteiger partial charge >= 0.3 is 12.0 Å². The lowest BCUT2D eigenvalue weighted by molar-refractivity contribution is -0.138. The molecular weight excluding hydrogens is 456 g/mol. The van der Waals surface area contributed by atoms with Crippen molar-refractivity contribution in [2.75, 3.05) is 13.7 Å². The summed E-state index contributed by atoms with van der Waals surface area (Å²) in [5, 5.41) is 10.7. The topological polar surface area (TPSA) is 94.5 Å². The molecule has 1 atom stereocenters. The molecule has 2 aromatic carbocycles. The fourth-order valence-corrected chi connectivity index (χ4v) is 4.02. The van der Waals surface area contributed by atoms with Gasteiger partial charge in [-0.15, -0.1) is 0 Å². The number of allylic oxidation sites excluding steroid dienone is 1. The first kappa shape index (κ1) is 23.1. The third-order valence-corrected chi connectivity index (χ3v) is 5.62. The fourth-order valence-electron chi connectivity index (χ4n) is 3.76. The molecule has 2 heterocycles. The number of amides is 2. The number of halogens is 1. The van der Waals surface area contributed by atoms with E-state index in [4.69, 9.17) is 26.2 Å². The molecule has 8 nitrogen and oxygen atoms in total. The maximum absolute atomic E-state index is 12.9. The van der Waals surface area contributed by atoms with E-state index in [0.717, 1.165) is 5.69 Å². The minimum atomic E-state index is -0.806. The predicted molar refractivity (Wildman–Crippen MR) is 129 cm³/mol. The molecule has 0 bridgehead atoms. The van der Waals surface area contributed by atoms with Crippen LogP contribution in [0.25, 0.3) is 16.9 Å². The number of hydrogen-bond donors (Lipinski definition) is 2. The molecular formula is C25H23ClN4O4. The summed E-state index contributed by atoms with van der Waals surface area (Å²) in [5.41, 5.74) is 3.32. The molecule has 0 fully saturated rings. The Bertz CT molecular complexity index is 1280. The van der Waals surface area contributed by atoms with Crippen molar-refractivity contribution in [1.29, 1.82) is 0 Å². The smallest absolute Gasteiger partial charge is 0.338 e. The number of carbonyl (C=O) groups excluding carboxylic acids is 2. The average Bonchev–Trinajstić information content (AvgIpc) is 3.28. The Labute approximate surface area is 201 Å². The first-order chi connectivity index (χ1) is 16.4. The van der Waals surface area contributed by atoms with Gasteiger partial charge in [-0.05, 0) is 37.3 Å². The minimum absolute atomic E-state index is 0.0422. The first-order valence-electron chi connectivity index (χ1n) is 10.5. The molecule has 0 unspecified atom stereocenters. The highest BCUT2D eigenvalue weighted by Crippen LogP contribution is 2.37. The van der Waals surface area contributed by atoms with E-state index in [1.165, 1.54) is 13.2 Å². The highest BCUT2D eigenvalue weighted by molar-refractivity contribution is 6.32. The van der Waals surface area contributed by atoms with Crippen LogP contribution < -0.4 is 15.4 Å². The number of hydrogen-bond acceptors (Lipinski definition) is 5. The lowest BCUT2D eigenvalue weighted by Crippen LogP contribution is -2.45. The van der Waals surface area contributed by atoms with Crippen molar-refractivity contribution >= 4 is 23.6 Å². The number of urea groups is 1. The number of methoxy groups -OCH3 is 1. The molecule has 34 heavy (non-hydrogen) atoms. The van der Waals surface area contributed by atoms with Crippen LogP contribution in [0.1, 0.15) is 18.5 Å². The molecule has 4 rings (SSSR count). The van der Waals surface area contributed by atoms with Crippen LogP contribution in [-0.4, -0.2) is 35.5 Å². The van der Waals surface area contributed by atoms with E-state index in [9.17, 15) is 9.59 Å². The maximum Gasteiger partial charge on any atom is 0.338 e. The summed E-state index contributed by atoms with van der Waals surface area (Å²) in [6.45, 7) is 5.28. The van der Waals surface area contributed by atoms with Crippen molar-refractivity contribution < 1.29 is 19.1 Å². The summed E-state index contributed by atoms with van der Waals surface area (Å²) in [4.78, 5) is 25.3. The number of ether oxygens (including phenoxy) is 2. The van der Waals surface area contributed by atoms with E-state index in [1.54, 1.807) is 29.9 Å². The van der Waals surface area contributed by atoms with E-state index in [-0.39, 0.29) is 12.2 Å². The second kappa shape index (κ2) is 9.84. The number of para-hydroxylation sites is 1. The summed E-state index contributed by atoms with van der Waals surface area (Å²) >= 11 is 6.39. The number of esters is 1. The Balaban J connectivity index is 1.89. The highest BCUT2D eigenvalue weighted by atomic mass is 35.5. The number of rotatable bonds is 7. The van der Waals surface area contributed by atoms with Crippen LogP contribution in [0.5, 0.6) is 5.75 Å². The lowest BCUT2D eigenvalue weighted by Gasteiger charge is -2.27. The van der Waals surface area contributed by atoms with E-state index in [2.05, 4.69) is 17.2 Å². The van der Waals surface area contributed by atoms with Crippen LogP contribution in [0.4, 0.5) is 4.79 Å².